The molecule has 0 saturated carbocycles. The smallest absolute Gasteiger partial charge is 0.238 e. The molecular weight excluding hydrogens is 142 g/mol. The van der Waals surface area contributed by atoms with Crippen LogP contribution in [-0.4, -0.2) is 50.6 Å². The van der Waals surface area contributed by atoms with E-state index < -0.39 is 0 Å². The fraction of sp³-hybridized carbons (Fsp3) is 0.857. The van der Waals surface area contributed by atoms with Crippen LogP contribution in [0.2, 0.25) is 0 Å². The summed E-state index contributed by atoms with van der Waals surface area (Å²) in [5.74, 6) is 0.125. The molecule has 0 bridgehead atoms. The Bertz CT molecular complexity index is 147. The Morgan fingerprint density at radius 2 is 2.18 bits per heavy atom. The van der Waals surface area contributed by atoms with Gasteiger partial charge in [-0.1, -0.05) is 0 Å². The van der Waals surface area contributed by atoms with Crippen molar-refractivity contribution in [2.45, 2.75) is 6.04 Å². The molecule has 1 rings (SSSR count). The Morgan fingerprint density at radius 3 is 2.82 bits per heavy atom. The minimum Gasteiger partial charge on any atom is -0.353 e. The first-order chi connectivity index (χ1) is 5.22. The van der Waals surface area contributed by atoms with Crippen molar-refractivity contribution in [3.8, 4) is 0 Å². The number of carbonyl (C=O) groups is 1. The largest absolute Gasteiger partial charge is 0.353 e. The first-order valence-electron chi connectivity index (χ1n) is 3.86. The summed E-state index contributed by atoms with van der Waals surface area (Å²) >= 11 is 0. The highest BCUT2D eigenvalue weighted by atomic mass is 16.2. The van der Waals surface area contributed by atoms with E-state index in [2.05, 4.69) is 10.6 Å². The number of carbonyl (C=O) groups excluding carboxylic acids is 1. The van der Waals surface area contributed by atoms with Crippen molar-refractivity contribution in [3.63, 3.8) is 0 Å². The number of nitrogens with zero attached hydrogens (tertiary/aromatic N) is 1. The third kappa shape index (κ3) is 2.17. The van der Waals surface area contributed by atoms with E-state index in [4.69, 9.17) is 0 Å². The van der Waals surface area contributed by atoms with Gasteiger partial charge in [-0.15, -0.1) is 0 Å². The summed E-state index contributed by atoms with van der Waals surface area (Å²) < 4.78 is 0. The Labute approximate surface area is 66.9 Å². The van der Waals surface area contributed by atoms with Gasteiger partial charge in [-0.2, -0.15) is 0 Å². The number of hydrogen-bond donors (Lipinski definition) is 2. The number of rotatable bonds is 1. The zero-order valence-electron chi connectivity index (χ0n) is 7.05. The molecule has 2 N–H and O–H groups in total. The van der Waals surface area contributed by atoms with Crippen LogP contribution >= 0.6 is 0 Å². The fourth-order valence-electron chi connectivity index (χ4n) is 1.14. The molecule has 0 aromatic rings. The molecule has 0 aliphatic carbocycles. The second kappa shape index (κ2) is 3.69. The molecule has 1 atom stereocenters. The van der Waals surface area contributed by atoms with Gasteiger partial charge in [0.05, 0.1) is 0 Å². The van der Waals surface area contributed by atoms with Gasteiger partial charge in [0.1, 0.15) is 6.04 Å². The minimum atomic E-state index is -0.0162. The Balaban J connectivity index is 2.52. The van der Waals surface area contributed by atoms with Gasteiger partial charge in [0.2, 0.25) is 5.91 Å². The van der Waals surface area contributed by atoms with E-state index in [9.17, 15) is 4.79 Å². The lowest BCUT2D eigenvalue weighted by Crippen LogP contribution is -2.45. The van der Waals surface area contributed by atoms with Crippen LogP contribution in [0.25, 0.3) is 0 Å². The van der Waals surface area contributed by atoms with Gasteiger partial charge in [-0.3, -0.25) is 9.69 Å². The van der Waals surface area contributed by atoms with Crippen LogP contribution in [0.3, 0.4) is 0 Å². The summed E-state index contributed by atoms with van der Waals surface area (Å²) in [5, 5.41) is 6.02. The topological polar surface area (TPSA) is 44.4 Å². The van der Waals surface area contributed by atoms with E-state index >= 15 is 0 Å². The number of hydrogen-bond acceptors (Lipinski definition) is 3. The predicted octanol–water partition coefficient (Wildman–Crippen LogP) is -1.36. The van der Waals surface area contributed by atoms with E-state index in [0.29, 0.717) is 0 Å². The highest BCUT2D eigenvalue weighted by molar-refractivity contribution is 5.82. The quantitative estimate of drug-likeness (QED) is 0.494. The van der Waals surface area contributed by atoms with Crippen LogP contribution in [0.4, 0.5) is 0 Å². The van der Waals surface area contributed by atoms with Crippen molar-refractivity contribution in [3.05, 3.63) is 0 Å². The van der Waals surface area contributed by atoms with Crippen LogP contribution in [0.15, 0.2) is 0 Å². The summed E-state index contributed by atoms with van der Waals surface area (Å²) in [6.45, 7) is 2.36. The highest BCUT2D eigenvalue weighted by Gasteiger charge is 2.21. The molecule has 4 nitrogen and oxygen atoms in total. The van der Waals surface area contributed by atoms with Gasteiger partial charge in [-0.25, -0.2) is 0 Å². The zero-order valence-corrected chi connectivity index (χ0v) is 7.05. The maximum absolute atomic E-state index is 11.3. The Morgan fingerprint density at radius 1 is 1.45 bits per heavy atom. The van der Waals surface area contributed by atoms with Crippen LogP contribution in [-0.2, 0) is 4.79 Å². The molecular formula is C7H15N3O. The number of nitrogens with one attached hydrogen (secondary N) is 2. The lowest BCUT2D eigenvalue weighted by molar-refractivity contribution is -0.124. The lowest BCUT2D eigenvalue weighted by Gasteiger charge is -2.20. The van der Waals surface area contributed by atoms with E-state index in [1.54, 1.807) is 0 Å². The van der Waals surface area contributed by atoms with E-state index in [1.165, 1.54) is 0 Å². The van der Waals surface area contributed by atoms with Crippen LogP contribution in [0.1, 0.15) is 0 Å². The third-order valence-corrected chi connectivity index (χ3v) is 1.86. The second-order valence-electron chi connectivity index (χ2n) is 2.97. The van der Waals surface area contributed by atoms with E-state index in [0.717, 1.165) is 19.6 Å². The molecule has 4 heteroatoms. The van der Waals surface area contributed by atoms with Gasteiger partial charge in [0.25, 0.3) is 0 Å². The molecule has 1 aliphatic rings. The average Bonchev–Trinajstić information content (AvgIpc) is 2.13. The van der Waals surface area contributed by atoms with Crippen molar-refractivity contribution in [2.24, 2.45) is 0 Å². The molecule has 11 heavy (non-hydrogen) atoms. The molecule has 1 amide bonds. The summed E-state index contributed by atoms with van der Waals surface area (Å²) in [5.41, 5.74) is 0. The first-order valence-corrected chi connectivity index (χ1v) is 3.86. The average molecular weight is 157 g/mol. The molecule has 1 heterocycles. The van der Waals surface area contributed by atoms with Gasteiger partial charge >= 0.3 is 0 Å². The van der Waals surface area contributed by atoms with Crippen molar-refractivity contribution < 1.29 is 4.79 Å². The van der Waals surface area contributed by atoms with Crippen LogP contribution < -0.4 is 10.6 Å². The third-order valence-electron chi connectivity index (χ3n) is 1.86. The molecule has 0 spiro atoms. The van der Waals surface area contributed by atoms with Gasteiger partial charge < -0.3 is 10.6 Å². The minimum absolute atomic E-state index is 0.0162. The second-order valence-corrected chi connectivity index (χ2v) is 2.97. The number of likely N-dealkylation sites (N-methyl/N-ethyl adjacent to an activating group) is 1. The van der Waals surface area contributed by atoms with Crippen molar-refractivity contribution >= 4 is 5.91 Å². The highest BCUT2D eigenvalue weighted by Crippen LogP contribution is 1.93. The van der Waals surface area contributed by atoms with Gasteiger partial charge in [-0.05, 0) is 14.1 Å². The summed E-state index contributed by atoms with van der Waals surface area (Å²) in [7, 11) is 3.83. The monoisotopic (exact) mass is 157 g/mol. The normalized spacial score (nSPS) is 26.5. The molecule has 0 aromatic heterocycles. The maximum Gasteiger partial charge on any atom is 0.238 e. The first kappa shape index (κ1) is 8.49. The molecule has 0 aromatic carbocycles. The van der Waals surface area contributed by atoms with E-state index in [-0.39, 0.29) is 11.9 Å². The van der Waals surface area contributed by atoms with Crippen molar-refractivity contribution in [1.29, 1.82) is 0 Å². The number of amides is 1. The molecule has 0 radical (unpaired) electrons. The Kier molecular flexibility index (Phi) is 2.84. The summed E-state index contributed by atoms with van der Waals surface area (Å²) in [4.78, 5) is 13.2. The fourth-order valence-corrected chi connectivity index (χ4v) is 1.14. The maximum atomic E-state index is 11.3. The predicted molar refractivity (Wildman–Crippen MR) is 43.4 cm³/mol. The van der Waals surface area contributed by atoms with Crippen molar-refractivity contribution in [1.82, 2.24) is 15.5 Å². The molecule has 1 fully saturated rings. The molecule has 1 aliphatic heterocycles. The van der Waals surface area contributed by atoms with Crippen LogP contribution in [0, 0.1) is 0 Å². The van der Waals surface area contributed by atoms with Gasteiger partial charge in [0, 0.05) is 19.6 Å². The lowest BCUT2D eigenvalue weighted by atomic mass is 10.2. The standard InChI is InChI=1S/C7H15N3O/c1-10(2)6-5-8-3-4-9-7(6)11/h6,8H,3-5H2,1-2H3,(H,9,11). The molecule has 1 saturated heterocycles. The van der Waals surface area contributed by atoms with Crippen LogP contribution in [0.5, 0.6) is 0 Å². The van der Waals surface area contributed by atoms with E-state index in [1.807, 2.05) is 19.0 Å². The SMILES string of the molecule is CN(C)C1CNCCNC1=O. The summed E-state index contributed by atoms with van der Waals surface area (Å²) in [6.07, 6.45) is 0. The Hall–Kier alpha value is -0.610. The van der Waals surface area contributed by atoms with Crippen molar-refractivity contribution in [2.75, 3.05) is 33.7 Å². The summed E-state index contributed by atoms with van der Waals surface area (Å²) in [6, 6.07) is -0.0162. The zero-order chi connectivity index (χ0) is 8.27. The van der Waals surface area contributed by atoms with Gasteiger partial charge in [0.15, 0.2) is 0 Å². The molecule has 64 valence electrons. The molecule has 1 unspecified atom stereocenters.